The van der Waals surface area contributed by atoms with Gasteiger partial charge in [0.05, 0.1) is 16.2 Å². The Bertz CT molecular complexity index is 310. The molecule has 6 heteroatoms. The summed E-state index contributed by atoms with van der Waals surface area (Å²) in [6.45, 7) is 0. The minimum absolute atomic E-state index is 0.245. The van der Waals surface area contributed by atoms with Crippen molar-refractivity contribution in [3.8, 4) is 0 Å². The molecule has 0 amide bonds. The number of rotatable bonds is 0. The largest absolute Gasteiger partial charge is 0.369 e. The van der Waals surface area contributed by atoms with Crippen LogP contribution in [-0.2, 0) is 0 Å². The van der Waals surface area contributed by atoms with Crippen molar-refractivity contribution < 1.29 is 0 Å². The van der Waals surface area contributed by atoms with Crippen molar-refractivity contribution >= 4 is 43.7 Å². The Hall–Kier alpha value is -0.130. The predicted molar refractivity (Wildman–Crippen MR) is 48.5 cm³/mol. The number of alkyl halides is 1. The molecule has 1 N–H and O–H groups in total. The Balaban J connectivity index is 2.55. The number of hydrogen-bond acceptors (Lipinski definition) is 4. The van der Waals surface area contributed by atoms with Gasteiger partial charge >= 0.3 is 0 Å². The molecule has 1 aliphatic heterocycles. The highest BCUT2D eigenvalue weighted by atomic mass is 79.9. The molecule has 0 saturated heterocycles. The molecule has 0 fully saturated rings. The van der Waals surface area contributed by atoms with Gasteiger partial charge in [0.1, 0.15) is 16.9 Å². The van der Waals surface area contributed by atoms with Crippen molar-refractivity contribution in [2.75, 3.05) is 0 Å². The summed E-state index contributed by atoms with van der Waals surface area (Å²) >= 11 is 10.4. The van der Waals surface area contributed by atoms with Crippen molar-refractivity contribution in [3.05, 3.63) is 17.6 Å². The third kappa shape index (κ3) is 1.17. The monoisotopic (exact) mass is 251 g/mol. The lowest BCUT2D eigenvalue weighted by molar-refractivity contribution is 0.798. The van der Waals surface area contributed by atoms with Crippen LogP contribution in [0.15, 0.2) is 6.20 Å². The molecule has 0 radical (unpaired) electrons. The van der Waals surface area contributed by atoms with E-state index in [-0.39, 0.29) is 5.50 Å². The van der Waals surface area contributed by atoms with Crippen LogP contribution in [0.2, 0.25) is 0 Å². The number of halogens is 2. The van der Waals surface area contributed by atoms with E-state index in [9.17, 15) is 0 Å². The smallest absolute Gasteiger partial charge is 0.147 e. The van der Waals surface area contributed by atoms with Gasteiger partial charge in [-0.15, -0.1) is 0 Å². The maximum absolute atomic E-state index is 5.88. The van der Waals surface area contributed by atoms with E-state index in [2.05, 4.69) is 30.0 Å². The van der Waals surface area contributed by atoms with E-state index >= 15 is 0 Å². The molecule has 0 aliphatic carbocycles. The van der Waals surface area contributed by atoms with Gasteiger partial charge in [-0.25, -0.2) is 0 Å². The zero-order valence-corrected chi connectivity index (χ0v) is 8.37. The Morgan fingerprint density at radius 1 is 1.64 bits per heavy atom. The highest BCUT2D eigenvalue weighted by Crippen LogP contribution is 2.32. The molecular formula is C5H3BrClN3S. The van der Waals surface area contributed by atoms with Gasteiger partial charge in [-0.2, -0.15) is 8.75 Å². The maximum Gasteiger partial charge on any atom is 0.147 e. The van der Waals surface area contributed by atoms with Crippen LogP contribution in [0.3, 0.4) is 0 Å². The first-order chi connectivity index (χ1) is 5.29. The fraction of sp³-hybridized carbons (Fsp3) is 0.200. The quantitative estimate of drug-likeness (QED) is 0.567. The number of nitrogens with one attached hydrogen (secondary N) is 1. The maximum atomic E-state index is 5.88. The molecular weight excluding hydrogens is 250 g/mol. The second kappa shape index (κ2) is 2.73. The summed E-state index contributed by atoms with van der Waals surface area (Å²) in [5.74, 6) is 0. The van der Waals surface area contributed by atoms with Crippen LogP contribution in [0.4, 0.5) is 0 Å². The van der Waals surface area contributed by atoms with Gasteiger partial charge < -0.3 is 5.32 Å². The number of nitrogens with zero attached hydrogens (tertiary/aromatic N) is 2. The van der Waals surface area contributed by atoms with Gasteiger partial charge in [0.25, 0.3) is 0 Å². The lowest BCUT2D eigenvalue weighted by Crippen LogP contribution is -2.15. The molecule has 0 aromatic carbocycles. The van der Waals surface area contributed by atoms with E-state index < -0.39 is 0 Å². The molecule has 1 atom stereocenters. The fourth-order valence-corrected chi connectivity index (χ4v) is 2.23. The molecule has 1 aliphatic rings. The van der Waals surface area contributed by atoms with Crippen LogP contribution in [0.5, 0.6) is 0 Å². The standard InChI is InChI=1S/C5H3BrClN3S/c6-2-1-8-5(7)4-3(2)9-11-10-4/h1,5,8H. The van der Waals surface area contributed by atoms with E-state index in [0.717, 1.165) is 15.9 Å². The molecule has 11 heavy (non-hydrogen) atoms. The second-order valence-corrected chi connectivity index (χ2v) is 3.84. The average molecular weight is 253 g/mol. The summed E-state index contributed by atoms with van der Waals surface area (Å²) in [4.78, 5) is 0. The number of hydrogen-bond donors (Lipinski definition) is 1. The third-order valence-corrected chi connectivity index (χ3v) is 2.82. The van der Waals surface area contributed by atoms with Crippen molar-refractivity contribution in [3.63, 3.8) is 0 Å². The van der Waals surface area contributed by atoms with Crippen LogP contribution in [-0.4, -0.2) is 8.75 Å². The molecule has 2 rings (SSSR count). The SMILES string of the molecule is ClC1NC=C(Br)c2nsnc21. The molecule has 2 heterocycles. The van der Waals surface area contributed by atoms with Gasteiger partial charge in [-0.3, -0.25) is 0 Å². The minimum atomic E-state index is -0.245. The molecule has 0 saturated carbocycles. The van der Waals surface area contributed by atoms with Gasteiger partial charge in [0, 0.05) is 6.20 Å². The normalized spacial score (nSPS) is 22.0. The van der Waals surface area contributed by atoms with Crippen LogP contribution in [0.25, 0.3) is 4.48 Å². The predicted octanol–water partition coefficient (Wildman–Crippen LogP) is 2.07. The van der Waals surface area contributed by atoms with E-state index in [4.69, 9.17) is 11.6 Å². The summed E-state index contributed by atoms with van der Waals surface area (Å²) in [6, 6.07) is 0. The Kier molecular flexibility index (Phi) is 1.86. The third-order valence-electron chi connectivity index (χ3n) is 1.34. The topological polar surface area (TPSA) is 37.8 Å². The average Bonchev–Trinajstić information content (AvgIpc) is 2.45. The van der Waals surface area contributed by atoms with Crippen molar-refractivity contribution in [2.24, 2.45) is 0 Å². The Morgan fingerprint density at radius 2 is 2.45 bits per heavy atom. The fourth-order valence-electron chi connectivity index (χ4n) is 0.821. The highest BCUT2D eigenvalue weighted by molar-refractivity contribution is 9.15. The van der Waals surface area contributed by atoms with E-state index in [0.29, 0.717) is 0 Å². The van der Waals surface area contributed by atoms with Crippen LogP contribution in [0.1, 0.15) is 16.9 Å². The van der Waals surface area contributed by atoms with Gasteiger partial charge in [0.15, 0.2) is 0 Å². The van der Waals surface area contributed by atoms with Gasteiger partial charge in [-0.1, -0.05) is 11.6 Å². The van der Waals surface area contributed by atoms with Gasteiger partial charge in [0.2, 0.25) is 0 Å². The molecule has 0 spiro atoms. The highest BCUT2D eigenvalue weighted by Gasteiger charge is 2.21. The molecule has 3 nitrogen and oxygen atoms in total. The van der Waals surface area contributed by atoms with Crippen LogP contribution >= 0.6 is 39.3 Å². The zero-order valence-electron chi connectivity index (χ0n) is 5.21. The summed E-state index contributed by atoms with van der Waals surface area (Å²) in [5, 5.41) is 2.93. The zero-order chi connectivity index (χ0) is 7.84. The number of fused-ring (bicyclic) bond motifs is 1. The van der Waals surface area contributed by atoms with Crippen molar-refractivity contribution in [1.82, 2.24) is 14.1 Å². The van der Waals surface area contributed by atoms with Crippen LogP contribution < -0.4 is 5.32 Å². The van der Waals surface area contributed by atoms with Crippen molar-refractivity contribution in [2.45, 2.75) is 5.50 Å². The summed E-state index contributed by atoms with van der Waals surface area (Å²) in [6.07, 6.45) is 1.78. The summed E-state index contributed by atoms with van der Waals surface area (Å²) in [7, 11) is 0. The molecule has 0 bridgehead atoms. The Morgan fingerprint density at radius 3 is 3.18 bits per heavy atom. The van der Waals surface area contributed by atoms with E-state index in [1.165, 1.54) is 11.7 Å². The molecule has 58 valence electrons. The van der Waals surface area contributed by atoms with E-state index in [1.807, 2.05) is 0 Å². The minimum Gasteiger partial charge on any atom is -0.369 e. The Labute approximate surface area is 80.9 Å². The van der Waals surface area contributed by atoms with E-state index in [1.54, 1.807) is 6.20 Å². The first kappa shape index (κ1) is 7.52. The summed E-state index contributed by atoms with van der Waals surface area (Å²) in [5.41, 5.74) is 1.39. The second-order valence-electron chi connectivity index (χ2n) is 2.02. The van der Waals surface area contributed by atoms with Crippen LogP contribution in [0, 0.1) is 0 Å². The van der Waals surface area contributed by atoms with Gasteiger partial charge in [-0.05, 0) is 15.9 Å². The first-order valence-electron chi connectivity index (χ1n) is 2.87. The lowest BCUT2D eigenvalue weighted by atomic mass is 10.2. The summed E-state index contributed by atoms with van der Waals surface area (Å²) < 4.78 is 9.03. The molecule has 1 aromatic heterocycles. The molecule has 1 aromatic rings. The molecule has 1 unspecified atom stereocenters. The first-order valence-corrected chi connectivity index (χ1v) is 4.83. The number of aromatic nitrogens is 2. The lowest BCUT2D eigenvalue weighted by Gasteiger charge is -2.13. The van der Waals surface area contributed by atoms with Crippen molar-refractivity contribution in [1.29, 1.82) is 0 Å².